The van der Waals surface area contributed by atoms with Gasteiger partial charge in [-0.2, -0.15) is 0 Å². The topological polar surface area (TPSA) is 12.0 Å². The molecule has 2 fully saturated rings. The number of benzene rings is 1. The Morgan fingerprint density at radius 2 is 1.75 bits per heavy atom. The number of rotatable bonds is 4. The van der Waals surface area contributed by atoms with Crippen LogP contribution in [0.1, 0.15) is 63.5 Å². The van der Waals surface area contributed by atoms with Crippen molar-refractivity contribution in [2.45, 2.75) is 57.9 Å². The lowest BCUT2D eigenvalue weighted by Crippen LogP contribution is -2.35. The Morgan fingerprint density at radius 1 is 1.00 bits per heavy atom. The molecule has 2 saturated carbocycles. The minimum absolute atomic E-state index is 0.573. The average Bonchev–Trinajstić information content (AvgIpc) is 2.53. The monoisotopic (exact) mass is 271 g/mol. The minimum Gasteiger partial charge on any atom is -0.310 e. The zero-order valence-electron chi connectivity index (χ0n) is 12.9. The van der Waals surface area contributed by atoms with Crippen LogP contribution in [0.15, 0.2) is 30.3 Å². The summed E-state index contributed by atoms with van der Waals surface area (Å²) in [7, 11) is 0. The Bertz CT molecular complexity index is 399. The number of fused-ring (bicyclic) bond motifs is 1. The summed E-state index contributed by atoms with van der Waals surface area (Å²) < 4.78 is 0. The molecule has 0 amide bonds. The van der Waals surface area contributed by atoms with Gasteiger partial charge in [0.05, 0.1) is 0 Å². The second kappa shape index (κ2) is 6.76. The van der Waals surface area contributed by atoms with Gasteiger partial charge in [0.25, 0.3) is 0 Å². The second-order valence-electron chi connectivity index (χ2n) is 6.82. The van der Waals surface area contributed by atoms with Gasteiger partial charge in [0.2, 0.25) is 0 Å². The fourth-order valence-electron chi connectivity index (χ4n) is 4.65. The third-order valence-corrected chi connectivity index (χ3v) is 5.63. The van der Waals surface area contributed by atoms with E-state index in [1.54, 1.807) is 0 Å². The smallest absolute Gasteiger partial charge is 0.0348 e. The zero-order valence-corrected chi connectivity index (χ0v) is 12.9. The molecule has 1 aromatic carbocycles. The summed E-state index contributed by atoms with van der Waals surface area (Å²) in [6, 6.07) is 11.7. The molecule has 2 aliphatic rings. The zero-order chi connectivity index (χ0) is 13.8. The van der Waals surface area contributed by atoms with Crippen molar-refractivity contribution >= 4 is 0 Å². The maximum Gasteiger partial charge on any atom is 0.0348 e. The van der Waals surface area contributed by atoms with E-state index >= 15 is 0 Å². The summed E-state index contributed by atoms with van der Waals surface area (Å²) in [6.07, 6.45) is 10.3. The van der Waals surface area contributed by atoms with Crippen LogP contribution < -0.4 is 5.32 Å². The van der Waals surface area contributed by atoms with E-state index in [0.29, 0.717) is 6.04 Å². The van der Waals surface area contributed by atoms with Crippen LogP contribution in [0.2, 0.25) is 0 Å². The standard InChI is InChI=1S/C19H29N/c1-2-20-19(16-9-4-3-5-10-16)18-13-12-15-8-6-7-11-17(15)14-18/h3-5,9-10,15,17-20H,2,6-8,11-14H2,1H3. The van der Waals surface area contributed by atoms with E-state index in [0.717, 1.165) is 24.3 Å². The van der Waals surface area contributed by atoms with Gasteiger partial charge in [-0.25, -0.2) is 0 Å². The van der Waals surface area contributed by atoms with Gasteiger partial charge in [-0.3, -0.25) is 0 Å². The van der Waals surface area contributed by atoms with Gasteiger partial charge >= 0.3 is 0 Å². The summed E-state index contributed by atoms with van der Waals surface area (Å²) >= 11 is 0. The normalized spacial score (nSPS) is 31.6. The fourth-order valence-corrected chi connectivity index (χ4v) is 4.65. The highest BCUT2D eigenvalue weighted by atomic mass is 14.9. The molecular weight excluding hydrogens is 242 g/mol. The second-order valence-corrected chi connectivity index (χ2v) is 6.82. The molecule has 0 aromatic heterocycles. The molecule has 0 radical (unpaired) electrons. The van der Waals surface area contributed by atoms with E-state index in [9.17, 15) is 0 Å². The highest BCUT2D eigenvalue weighted by Gasteiger charge is 2.35. The van der Waals surface area contributed by atoms with Crippen LogP contribution in [-0.4, -0.2) is 6.54 Å². The van der Waals surface area contributed by atoms with Crippen molar-refractivity contribution in [2.24, 2.45) is 17.8 Å². The molecule has 0 spiro atoms. The third kappa shape index (κ3) is 3.09. The maximum absolute atomic E-state index is 3.76. The minimum atomic E-state index is 0.573. The molecule has 1 N–H and O–H groups in total. The number of nitrogens with one attached hydrogen (secondary N) is 1. The van der Waals surface area contributed by atoms with Gasteiger partial charge in [-0.1, -0.05) is 62.9 Å². The lowest BCUT2D eigenvalue weighted by Gasteiger charge is -2.42. The van der Waals surface area contributed by atoms with E-state index in [2.05, 4.69) is 42.6 Å². The molecule has 1 aromatic rings. The van der Waals surface area contributed by atoms with E-state index in [1.165, 1.54) is 50.5 Å². The molecule has 3 rings (SSSR count). The molecule has 20 heavy (non-hydrogen) atoms. The van der Waals surface area contributed by atoms with E-state index in [4.69, 9.17) is 0 Å². The Hall–Kier alpha value is -0.820. The van der Waals surface area contributed by atoms with Crippen molar-refractivity contribution in [3.8, 4) is 0 Å². The third-order valence-electron chi connectivity index (χ3n) is 5.63. The Kier molecular flexibility index (Phi) is 4.77. The summed E-state index contributed by atoms with van der Waals surface area (Å²) in [5.41, 5.74) is 1.49. The van der Waals surface area contributed by atoms with Crippen LogP contribution in [0.3, 0.4) is 0 Å². The number of hydrogen-bond acceptors (Lipinski definition) is 1. The first-order chi connectivity index (χ1) is 9.88. The van der Waals surface area contributed by atoms with Crippen LogP contribution in [-0.2, 0) is 0 Å². The van der Waals surface area contributed by atoms with Crippen molar-refractivity contribution in [1.29, 1.82) is 0 Å². The van der Waals surface area contributed by atoms with Crippen molar-refractivity contribution < 1.29 is 0 Å². The summed E-state index contributed by atoms with van der Waals surface area (Å²) in [5, 5.41) is 3.76. The Labute approximate surface area is 124 Å². The highest BCUT2D eigenvalue weighted by molar-refractivity contribution is 5.20. The average molecular weight is 271 g/mol. The predicted octanol–water partition coefficient (Wildman–Crippen LogP) is 4.94. The first-order valence-electron chi connectivity index (χ1n) is 8.66. The Balaban J connectivity index is 1.72. The molecule has 110 valence electrons. The van der Waals surface area contributed by atoms with E-state index in [1.807, 2.05) is 0 Å². The van der Waals surface area contributed by atoms with Crippen molar-refractivity contribution in [2.75, 3.05) is 6.54 Å². The molecule has 4 unspecified atom stereocenters. The van der Waals surface area contributed by atoms with Crippen LogP contribution >= 0.6 is 0 Å². The summed E-state index contributed by atoms with van der Waals surface area (Å²) in [6.45, 7) is 3.31. The molecule has 0 bridgehead atoms. The quantitative estimate of drug-likeness (QED) is 0.817. The van der Waals surface area contributed by atoms with Crippen LogP contribution in [0, 0.1) is 17.8 Å². The van der Waals surface area contributed by atoms with Crippen LogP contribution in [0.4, 0.5) is 0 Å². The van der Waals surface area contributed by atoms with Crippen molar-refractivity contribution in [3.05, 3.63) is 35.9 Å². The molecule has 4 atom stereocenters. The van der Waals surface area contributed by atoms with Crippen LogP contribution in [0.25, 0.3) is 0 Å². The molecule has 0 aliphatic heterocycles. The molecule has 0 heterocycles. The molecule has 2 aliphatic carbocycles. The maximum atomic E-state index is 3.76. The molecule has 1 heteroatoms. The number of hydrogen-bond donors (Lipinski definition) is 1. The molecule has 0 saturated heterocycles. The van der Waals surface area contributed by atoms with Gasteiger partial charge in [-0.05, 0) is 49.1 Å². The van der Waals surface area contributed by atoms with Crippen molar-refractivity contribution in [3.63, 3.8) is 0 Å². The lowest BCUT2D eigenvalue weighted by molar-refractivity contribution is 0.110. The van der Waals surface area contributed by atoms with Gasteiger partial charge < -0.3 is 5.32 Å². The Morgan fingerprint density at radius 3 is 2.50 bits per heavy atom. The molecule has 1 nitrogen and oxygen atoms in total. The van der Waals surface area contributed by atoms with E-state index < -0.39 is 0 Å². The SMILES string of the molecule is CCNC(c1ccccc1)C1CCC2CCCCC2C1. The first kappa shape index (κ1) is 14.1. The van der Waals surface area contributed by atoms with Gasteiger partial charge in [-0.15, -0.1) is 0 Å². The van der Waals surface area contributed by atoms with Crippen LogP contribution in [0.5, 0.6) is 0 Å². The van der Waals surface area contributed by atoms with E-state index in [-0.39, 0.29) is 0 Å². The highest BCUT2D eigenvalue weighted by Crippen LogP contribution is 2.46. The van der Waals surface area contributed by atoms with Gasteiger partial charge in [0.1, 0.15) is 0 Å². The van der Waals surface area contributed by atoms with Crippen molar-refractivity contribution in [1.82, 2.24) is 5.32 Å². The predicted molar refractivity (Wildman–Crippen MR) is 85.6 cm³/mol. The fraction of sp³-hybridized carbons (Fsp3) is 0.684. The largest absolute Gasteiger partial charge is 0.310 e. The lowest BCUT2D eigenvalue weighted by atomic mass is 9.65. The summed E-state index contributed by atoms with van der Waals surface area (Å²) in [4.78, 5) is 0. The first-order valence-corrected chi connectivity index (χ1v) is 8.66. The summed E-state index contributed by atoms with van der Waals surface area (Å²) in [5.74, 6) is 2.92. The molecular formula is C19H29N. The van der Waals surface area contributed by atoms with Gasteiger partial charge in [0.15, 0.2) is 0 Å². The van der Waals surface area contributed by atoms with Gasteiger partial charge in [0, 0.05) is 6.04 Å².